The molecule has 0 bridgehead atoms. The highest BCUT2D eigenvalue weighted by Crippen LogP contribution is 2.41. The van der Waals surface area contributed by atoms with Gasteiger partial charge in [0.1, 0.15) is 11.3 Å². The number of benzene rings is 1. The lowest BCUT2D eigenvalue weighted by Crippen LogP contribution is -2.62. The molecule has 3 fully saturated rings. The fraction of sp³-hybridized carbons (Fsp3) is 0.619. The predicted molar refractivity (Wildman–Crippen MR) is 99.1 cm³/mol. The molecule has 0 aromatic heterocycles. The van der Waals surface area contributed by atoms with E-state index in [0.29, 0.717) is 18.3 Å². The quantitative estimate of drug-likeness (QED) is 0.833. The highest BCUT2D eigenvalue weighted by molar-refractivity contribution is 5.93. The van der Waals surface area contributed by atoms with Gasteiger partial charge in [-0.25, -0.2) is 0 Å². The van der Waals surface area contributed by atoms with E-state index in [4.69, 9.17) is 4.74 Å². The number of hydrogen-bond donors (Lipinski definition) is 0. The first-order valence-corrected chi connectivity index (χ1v) is 9.83. The summed E-state index contributed by atoms with van der Waals surface area (Å²) >= 11 is 0. The van der Waals surface area contributed by atoms with Crippen LogP contribution in [-0.2, 0) is 9.59 Å². The number of likely N-dealkylation sites (tertiary alicyclic amines) is 2. The maximum atomic E-state index is 13.2. The van der Waals surface area contributed by atoms with Gasteiger partial charge >= 0.3 is 0 Å². The van der Waals surface area contributed by atoms with Crippen LogP contribution in [0.3, 0.4) is 0 Å². The standard InChI is InChI=1S/C21H28N2O3/c1-15-5-8-18(13-16(15)2)26-14-19(24)23-12-4-10-21(23)9-3-11-22(20(21)25)17-6-7-17/h5,8,13,17H,3-4,6-7,9-12,14H2,1-2H3. The molecule has 1 aromatic rings. The molecule has 1 aliphatic carbocycles. The van der Waals surface area contributed by atoms with E-state index >= 15 is 0 Å². The van der Waals surface area contributed by atoms with E-state index in [9.17, 15) is 9.59 Å². The van der Waals surface area contributed by atoms with Gasteiger partial charge in [0.15, 0.2) is 6.61 Å². The summed E-state index contributed by atoms with van der Waals surface area (Å²) < 4.78 is 5.76. The first-order chi connectivity index (χ1) is 12.5. The van der Waals surface area contributed by atoms with Crippen molar-refractivity contribution in [3.8, 4) is 5.75 Å². The normalized spacial score (nSPS) is 25.8. The van der Waals surface area contributed by atoms with Crippen molar-refractivity contribution in [1.82, 2.24) is 9.80 Å². The average molecular weight is 356 g/mol. The zero-order chi connectivity index (χ0) is 18.3. The second-order valence-corrected chi connectivity index (χ2v) is 8.05. The summed E-state index contributed by atoms with van der Waals surface area (Å²) in [7, 11) is 0. The minimum Gasteiger partial charge on any atom is -0.484 e. The van der Waals surface area contributed by atoms with Crippen LogP contribution in [0.2, 0.25) is 0 Å². The number of aryl methyl sites for hydroxylation is 2. The van der Waals surface area contributed by atoms with E-state index in [2.05, 4.69) is 6.92 Å². The second-order valence-electron chi connectivity index (χ2n) is 8.05. The number of hydrogen-bond acceptors (Lipinski definition) is 3. The predicted octanol–water partition coefficient (Wildman–Crippen LogP) is 2.83. The molecule has 2 amide bonds. The van der Waals surface area contributed by atoms with Crippen LogP contribution in [0.25, 0.3) is 0 Å². The van der Waals surface area contributed by atoms with Gasteiger partial charge in [0.2, 0.25) is 5.91 Å². The van der Waals surface area contributed by atoms with Crippen LogP contribution in [0.4, 0.5) is 0 Å². The molecule has 2 saturated heterocycles. The van der Waals surface area contributed by atoms with Crippen LogP contribution in [0.5, 0.6) is 5.75 Å². The molecule has 1 unspecified atom stereocenters. The zero-order valence-electron chi connectivity index (χ0n) is 15.8. The molecule has 5 heteroatoms. The van der Waals surface area contributed by atoms with Gasteiger partial charge < -0.3 is 14.5 Å². The Balaban J connectivity index is 1.46. The smallest absolute Gasteiger partial charge is 0.261 e. The summed E-state index contributed by atoms with van der Waals surface area (Å²) in [6, 6.07) is 6.29. The molecular formula is C21H28N2O3. The molecule has 3 aliphatic rings. The van der Waals surface area contributed by atoms with E-state index in [-0.39, 0.29) is 18.4 Å². The number of rotatable bonds is 4. The van der Waals surface area contributed by atoms with Crippen molar-refractivity contribution < 1.29 is 14.3 Å². The van der Waals surface area contributed by atoms with Crippen LogP contribution in [-0.4, -0.2) is 52.9 Å². The monoisotopic (exact) mass is 356 g/mol. The zero-order valence-corrected chi connectivity index (χ0v) is 15.8. The lowest BCUT2D eigenvalue weighted by molar-refractivity contribution is -0.156. The third kappa shape index (κ3) is 2.97. The summed E-state index contributed by atoms with van der Waals surface area (Å²) in [5.41, 5.74) is 1.75. The molecule has 2 aliphatic heterocycles. The average Bonchev–Trinajstić information content (AvgIpc) is 3.38. The van der Waals surface area contributed by atoms with Crippen LogP contribution in [0.15, 0.2) is 18.2 Å². The molecular weight excluding hydrogens is 328 g/mol. The van der Waals surface area contributed by atoms with Crippen LogP contribution in [0.1, 0.15) is 49.7 Å². The highest BCUT2D eigenvalue weighted by Gasteiger charge is 2.54. The SMILES string of the molecule is Cc1ccc(OCC(=O)N2CCCC23CCCN(C2CC2)C3=O)cc1C. The number of carbonyl (C=O) groups excluding carboxylic acids is 2. The van der Waals surface area contributed by atoms with Gasteiger partial charge in [-0.1, -0.05) is 6.07 Å². The molecule has 1 spiro atoms. The first-order valence-electron chi connectivity index (χ1n) is 9.83. The van der Waals surface area contributed by atoms with Crippen LogP contribution >= 0.6 is 0 Å². The van der Waals surface area contributed by atoms with Gasteiger partial charge in [-0.15, -0.1) is 0 Å². The van der Waals surface area contributed by atoms with Crippen molar-refractivity contribution in [2.24, 2.45) is 0 Å². The van der Waals surface area contributed by atoms with Gasteiger partial charge in [0.25, 0.3) is 5.91 Å². The summed E-state index contributed by atoms with van der Waals surface area (Å²) in [4.78, 5) is 30.0. The fourth-order valence-corrected chi connectivity index (χ4v) is 4.50. The Morgan fingerprint density at radius 3 is 2.58 bits per heavy atom. The van der Waals surface area contributed by atoms with Crippen molar-refractivity contribution in [1.29, 1.82) is 0 Å². The second kappa shape index (κ2) is 6.60. The maximum absolute atomic E-state index is 13.2. The Morgan fingerprint density at radius 2 is 1.88 bits per heavy atom. The number of nitrogens with zero attached hydrogens (tertiary/aromatic N) is 2. The van der Waals surface area contributed by atoms with E-state index < -0.39 is 5.54 Å². The topological polar surface area (TPSA) is 49.9 Å². The molecule has 1 aromatic carbocycles. The van der Waals surface area contributed by atoms with Gasteiger partial charge in [0.05, 0.1) is 0 Å². The van der Waals surface area contributed by atoms with Crippen molar-refractivity contribution in [2.75, 3.05) is 19.7 Å². The maximum Gasteiger partial charge on any atom is 0.261 e. The van der Waals surface area contributed by atoms with Crippen molar-refractivity contribution in [3.05, 3.63) is 29.3 Å². The third-order valence-electron chi connectivity index (χ3n) is 6.27. The molecule has 5 nitrogen and oxygen atoms in total. The molecule has 1 atom stereocenters. The largest absolute Gasteiger partial charge is 0.484 e. The van der Waals surface area contributed by atoms with Gasteiger partial charge in [-0.2, -0.15) is 0 Å². The third-order valence-corrected chi connectivity index (χ3v) is 6.27. The first kappa shape index (κ1) is 17.4. The van der Waals surface area contributed by atoms with Gasteiger partial charge in [0, 0.05) is 19.1 Å². The van der Waals surface area contributed by atoms with E-state index in [0.717, 1.165) is 50.6 Å². The lowest BCUT2D eigenvalue weighted by Gasteiger charge is -2.44. The van der Waals surface area contributed by atoms with Gasteiger partial charge in [-0.05, 0) is 75.6 Å². The van der Waals surface area contributed by atoms with Crippen LogP contribution < -0.4 is 4.74 Å². The summed E-state index contributed by atoms with van der Waals surface area (Å²) in [5, 5.41) is 0. The Bertz CT molecular complexity index is 728. The number of ether oxygens (including phenoxy) is 1. The molecule has 4 rings (SSSR count). The van der Waals surface area contributed by atoms with E-state index in [1.165, 1.54) is 5.56 Å². The highest BCUT2D eigenvalue weighted by atomic mass is 16.5. The molecule has 2 heterocycles. The van der Waals surface area contributed by atoms with E-state index in [1.54, 1.807) is 0 Å². The molecule has 140 valence electrons. The summed E-state index contributed by atoms with van der Waals surface area (Å²) in [6.07, 6.45) is 5.72. The fourth-order valence-electron chi connectivity index (χ4n) is 4.50. The van der Waals surface area contributed by atoms with Crippen LogP contribution in [0, 0.1) is 13.8 Å². The van der Waals surface area contributed by atoms with E-state index in [1.807, 2.05) is 34.9 Å². The van der Waals surface area contributed by atoms with Crippen molar-refractivity contribution in [3.63, 3.8) is 0 Å². The Labute approximate surface area is 155 Å². The van der Waals surface area contributed by atoms with Crippen molar-refractivity contribution in [2.45, 2.75) is 64.0 Å². The Morgan fingerprint density at radius 1 is 1.15 bits per heavy atom. The number of piperidine rings is 1. The van der Waals surface area contributed by atoms with Crippen molar-refractivity contribution >= 4 is 11.8 Å². The Kier molecular flexibility index (Phi) is 4.41. The molecule has 26 heavy (non-hydrogen) atoms. The molecule has 0 radical (unpaired) electrons. The lowest BCUT2D eigenvalue weighted by atomic mass is 9.85. The number of carbonyl (C=O) groups is 2. The minimum absolute atomic E-state index is 0.000952. The minimum atomic E-state index is -0.607. The summed E-state index contributed by atoms with van der Waals surface area (Å²) in [6.45, 7) is 5.61. The molecule has 0 N–H and O–H groups in total. The summed E-state index contributed by atoms with van der Waals surface area (Å²) in [5.74, 6) is 0.833. The van der Waals surface area contributed by atoms with Gasteiger partial charge in [-0.3, -0.25) is 9.59 Å². The number of amides is 2. The molecule has 1 saturated carbocycles. The Hall–Kier alpha value is -2.04.